The molecule has 1 fully saturated rings. The van der Waals surface area contributed by atoms with Crippen LogP contribution in [0.25, 0.3) is 0 Å². The van der Waals surface area contributed by atoms with Crippen molar-refractivity contribution in [1.29, 1.82) is 0 Å². The van der Waals surface area contributed by atoms with E-state index in [1.807, 2.05) is 20.2 Å². The molecule has 30 heavy (non-hydrogen) atoms. The van der Waals surface area contributed by atoms with E-state index in [0.29, 0.717) is 32.8 Å². The fourth-order valence-corrected chi connectivity index (χ4v) is 3.25. The lowest BCUT2D eigenvalue weighted by Crippen LogP contribution is -2.48. The number of guanidine groups is 1. The number of aromatic nitrogens is 2. The monoisotopic (exact) mass is 423 g/mol. The van der Waals surface area contributed by atoms with Gasteiger partial charge in [0.2, 0.25) is 0 Å². The van der Waals surface area contributed by atoms with Crippen molar-refractivity contribution < 1.29 is 23.0 Å². The van der Waals surface area contributed by atoms with Crippen LogP contribution in [-0.4, -0.2) is 60.6 Å². The molecule has 0 aliphatic carbocycles. The third kappa shape index (κ3) is 5.59. The molecule has 2 heterocycles. The first kappa shape index (κ1) is 21.8. The van der Waals surface area contributed by atoms with Crippen molar-refractivity contribution >= 4 is 5.96 Å². The lowest BCUT2D eigenvalue weighted by atomic mass is 10.1. The number of ether oxygens (including phenoxy) is 3. The normalized spacial score (nSPS) is 17.3. The van der Waals surface area contributed by atoms with Crippen molar-refractivity contribution in [2.75, 3.05) is 33.4 Å². The summed E-state index contributed by atoms with van der Waals surface area (Å²) in [5.74, 6) is 0.984. The summed E-state index contributed by atoms with van der Waals surface area (Å²) in [7, 11) is 3.28. The molecule has 1 N–H and O–H groups in total. The summed E-state index contributed by atoms with van der Waals surface area (Å²) < 4.78 is 42.6. The Balaban J connectivity index is 1.74. The maximum absolute atomic E-state index is 12.7. The van der Waals surface area contributed by atoms with E-state index in [-0.39, 0.29) is 17.6 Å². The standard InChI is InChI=1S/C20H27F2N5O3/c1-4-23-20(27-7-8-29-18(13-27)15-11-25-26(2)12-15)24-10-14-5-6-16(28-3)17(9-14)30-19(21)22/h5-6,9,11-12,18-19H,4,7-8,10,13H2,1-3H3,(H,23,24). The summed E-state index contributed by atoms with van der Waals surface area (Å²) in [6, 6.07) is 4.90. The van der Waals surface area contributed by atoms with Crippen LogP contribution in [0.5, 0.6) is 11.5 Å². The zero-order valence-corrected chi connectivity index (χ0v) is 17.3. The number of nitrogens with zero attached hydrogens (tertiary/aromatic N) is 4. The average Bonchev–Trinajstić information content (AvgIpc) is 3.17. The van der Waals surface area contributed by atoms with Gasteiger partial charge in [0.1, 0.15) is 6.10 Å². The second-order valence-corrected chi connectivity index (χ2v) is 6.79. The van der Waals surface area contributed by atoms with E-state index in [1.54, 1.807) is 23.0 Å². The lowest BCUT2D eigenvalue weighted by Gasteiger charge is -2.34. The minimum absolute atomic E-state index is 0.00628. The first-order valence-electron chi connectivity index (χ1n) is 9.75. The van der Waals surface area contributed by atoms with Gasteiger partial charge in [-0.2, -0.15) is 13.9 Å². The van der Waals surface area contributed by atoms with E-state index in [9.17, 15) is 8.78 Å². The van der Waals surface area contributed by atoms with Crippen LogP contribution in [0.15, 0.2) is 35.6 Å². The number of aryl methyl sites for hydroxylation is 1. The van der Waals surface area contributed by atoms with E-state index in [2.05, 4.69) is 25.0 Å². The molecule has 0 radical (unpaired) electrons. The van der Waals surface area contributed by atoms with E-state index in [1.165, 1.54) is 13.2 Å². The molecule has 2 aromatic rings. The number of methoxy groups -OCH3 is 1. The molecule has 1 aliphatic rings. The van der Waals surface area contributed by atoms with Gasteiger partial charge in [-0.1, -0.05) is 6.07 Å². The maximum Gasteiger partial charge on any atom is 0.387 e. The van der Waals surface area contributed by atoms with Crippen molar-refractivity contribution in [1.82, 2.24) is 20.0 Å². The van der Waals surface area contributed by atoms with Crippen LogP contribution < -0.4 is 14.8 Å². The van der Waals surface area contributed by atoms with Gasteiger partial charge < -0.3 is 24.4 Å². The van der Waals surface area contributed by atoms with Crippen molar-refractivity contribution in [3.05, 3.63) is 41.7 Å². The molecule has 0 spiro atoms. The summed E-state index contributed by atoms with van der Waals surface area (Å²) in [5.41, 5.74) is 1.75. The zero-order valence-electron chi connectivity index (χ0n) is 17.3. The second kappa shape index (κ2) is 10.2. The number of alkyl halides is 2. The number of halogens is 2. The van der Waals surface area contributed by atoms with Crippen molar-refractivity contribution in [2.45, 2.75) is 26.2 Å². The molecular weight excluding hydrogens is 396 g/mol. The summed E-state index contributed by atoms with van der Waals surface area (Å²) >= 11 is 0. The molecule has 0 amide bonds. The predicted octanol–water partition coefficient (Wildman–Crippen LogP) is 2.57. The number of hydrogen-bond donors (Lipinski definition) is 1. The first-order valence-corrected chi connectivity index (χ1v) is 9.75. The molecule has 1 atom stereocenters. The van der Waals surface area contributed by atoms with Crippen molar-refractivity contribution in [2.24, 2.45) is 12.0 Å². The molecule has 1 aromatic carbocycles. The van der Waals surface area contributed by atoms with Crippen LogP contribution in [-0.2, 0) is 18.3 Å². The van der Waals surface area contributed by atoms with Gasteiger partial charge in [0.05, 0.1) is 33.0 Å². The first-order chi connectivity index (χ1) is 14.5. The Hall–Kier alpha value is -2.88. The maximum atomic E-state index is 12.7. The Labute approximate surface area is 174 Å². The highest BCUT2D eigenvalue weighted by molar-refractivity contribution is 5.80. The molecule has 3 rings (SSSR count). The average molecular weight is 423 g/mol. The van der Waals surface area contributed by atoms with Crippen molar-refractivity contribution in [3.8, 4) is 11.5 Å². The van der Waals surface area contributed by atoms with E-state index in [0.717, 1.165) is 17.1 Å². The zero-order chi connectivity index (χ0) is 21.5. The SMILES string of the molecule is CCNC(=NCc1ccc(OC)c(OC(F)F)c1)N1CCOC(c2cnn(C)c2)C1. The fourth-order valence-electron chi connectivity index (χ4n) is 3.25. The third-order valence-electron chi connectivity index (χ3n) is 4.65. The van der Waals surface area contributed by atoms with Gasteiger partial charge in [-0.05, 0) is 24.6 Å². The minimum atomic E-state index is -2.92. The smallest absolute Gasteiger partial charge is 0.387 e. The van der Waals surface area contributed by atoms with Crippen LogP contribution in [0, 0.1) is 0 Å². The number of aliphatic imine (C=N–C) groups is 1. The molecule has 10 heteroatoms. The third-order valence-corrected chi connectivity index (χ3v) is 4.65. The molecule has 1 aromatic heterocycles. The number of morpholine rings is 1. The molecule has 1 unspecified atom stereocenters. The van der Waals surface area contributed by atoms with Gasteiger partial charge in [-0.3, -0.25) is 4.68 Å². The predicted molar refractivity (Wildman–Crippen MR) is 108 cm³/mol. The van der Waals surface area contributed by atoms with Gasteiger partial charge >= 0.3 is 6.61 Å². The number of rotatable bonds is 7. The highest BCUT2D eigenvalue weighted by Crippen LogP contribution is 2.30. The fraction of sp³-hybridized carbons (Fsp3) is 0.500. The molecule has 0 bridgehead atoms. The second-order valence-electron chi connectivity index (χ2n) is 6.79. The highest BCUT2D eigenvalue weighted by atomic mass is 19.3. The quantitative estimate of drug-likeness (QED) is 0.545. The van der Waals surface area contributed by atoms with Crippen LogP contribution in [0.3, 0.4) is 0 Å². The Kier molecular flexibility index (Phi) is 7.45. The van der Waals surface area contributed by atoms with Gasteiger partial charge in [-0.15, -0.1) is 0 Å². The van der Waals surface area contributed by atoms with Crippen LogP contribution >= 0.6 is 0 Å². The summed E-state index contributed by atoms with van der Waals surface area (Å²) in [6.07, 6.45) is 3.66. The lowest BCUT2D eigenvalue weighted by molar-refractivity contribution is -0.0512. The molecule has 8 nitrogen and oxygen atoms in total. The molecule has 164 valence electrons. The van der Waals surface area contributed by atoms with Crippen molar-refractivity contribution in [3.63, 3.8) is 0 Å². The molecule has 0 saturated carbocycles. The van der Waals surface area contributed by atoms with E-state index in [4.69, 9.17) is 9.47 Å². The highest BCUT2D eigenvalue weighted by Gasteiger charge is 2.25. The van der Waals surface area contributed by atoms with E-state index >= 15 is 0 Å². The van der Waals surface area contributed by atoms with Gasteiger partial charge in [-0.25, -0.2) is 4.99 Å². The Morgan fingerprint density at radius 2 is 2.23 bits per heavy atom. The van der Waals surface area contributed by atoms with Gasteiger partial charge in [0.15, 0.2) is 17.5 Å². The summed E-state index contributed by atoms with van der Waals surface area (Å²) in [6.45, 7) is 1.99. The number of hydrogen-bond acceptors (Lipinski definition) is 5. The van der Waals surface area contributed by atoms with Gasteiger partial charge in [0.25, 0.3) is 0 Å². The molecule has 1 saturated heterocycles. The topological polar surface area (TPSA) is 73.1 Å². The van der Waals surface area contributed by atoms with E-state index < -0.39 is 6.61 Å². The summed E-state index contributed by atoms with van der Waals surface area (Å²) in [4.78, 5) is 6.82. The molecular formula is C20H27F2N5O3. The van der Waals surface area contributed by atoms with Crippen LogP contribution in [0.2, 0.25) is 0 Å². The summed E-state index contributed by atoms with van der Waals surface area (Å²) in [5, 5.41) is 7.51. The number of benzene rings is 1. The Bertz CT molecular complexity index is 859. The molecule has 1 aliphatic heterocycles. The largest absolute Gasteiger partial charge is 0.493 e. The van der Waals surface area contributed by atoms with Crippen LogP contribution in [0.4, 0.5) is 8.78 Å². The Morgan fingerprint density at radius 3 is 2.90 bits per heavy atom. The number of nitrogens with one attached hydrogen (secondary N) is 1. The van der Waals surface area contributed by atoms with Crippen LogP contribution in [0.1, 0.15) is 24.2 Å². The minimum Gasteiger partial charge on any atom is -0.493 e. The Morgan fingerprint density at radius 1 is 1.40 bits per heavy atom. The van der Waals surface area contributed by atoms with Gasteiger partial charge in [0, 0.05) is 31.9 Å².